The quantitative estimate of drug-likeness (QED) is 0.705. The van der Waals surface area contributed by atoms with E-state index >= 15 is 0 Å². The van der Waals surface area contributed by atoms with Crippen LogP contribution < -0.4 is 0 Å². The molecule has 1 aliphatic rings. The minimum absolute atomic E-state index is 0.0606. The van der Waals surface area contributed by atoms with Crippen LogP contribution in [0.1, 0.15) is 45.6 Å². The second kappa shape index (κ2) is 5.94. The summed E-state index contributed by atoms with van der Waals surface area (Å²) in [5.41, 5.74) is 0.151. The van der Waals surface area contributed by atoms with Crippen molar-refractivity contribution in [2.24, 2.45) is 11.8 Å². The highest BCUT2D eigenvalue weighted by molar-refractivity contribution is 9.10. The van der Waals surface area contributed by atoms with Gasteiger partial charge in [0, 0.05) is 4.47 Å². The fourth-order valence-corrected chi connectivity index (χ4v) is 3.89. The third-order valence-corrected chi connectivity index (χ3v) is 5.99. The average Bonchev–Trinajstić information content (AvgIpc) is 2.35. The van der Waals surface area contributed by atoms with Gasteiger partial charge >= 0.3 is 0 Å². The third-order valence-electron chi connectivity index (χ3n) is 4.74. The Hall–Kier alpha value is -0.120. The lowest BCUT2D eigenvalue weighted by Gasteiger charge is -2.42. The maximum Gasteiger partial charge on any atom is 0.146 e. The summed E-state index contributed by atoms with van der Waals surface area (Å²) in [6.07, 6.45) is 2.41. The summed E-state index contributed by atoms with van der Waals surface area (Å²) >= 11 is 9.24. The van der Waals surface area contributed by atoms with E-state index < -0.39 is 5.41 Å². The first kappa shape index (κ1) is 16.3. The number of rotatable bonds is 2. The van der Waals surface area contributed by atoms with Crippen LogP contribution in [0.3, 0.4) is 0 Å². The van der Waals surface area contributed by atoms with E-state index in [1.54, 1.807) is 12.1 Å². The van der Waals surface area contributed by atoms with Crippen molar-refractivity contribution in [2.45, 2.75) is 51.6 Å². The van der Waals surface area contributed by atoms with Crippen molar-refractivity contribution < 1.29 is 9.50 Å². The van der Waals surface area contributed by atoms with Gasteiger partial charge in [0.2, 0.25) is 0 Å². The first-order chi connectivity index (χ1) is 9.25. The highest BCUT2D eigenvalue weighted by atomic mass is 79.9. The van der Waals surface area contributed by atoms with Crippen LogP contribution in [-0.2, 0) is 5.41 Å². The second-order valence-electron chi connectivity index (χ2n) is 6.54. The van der Waals surface area contributed by atoms with E-state index in [0.717, 1.165) is 19.3 Å². The molecule has 3 atom stereocenters. The van der Waals surface area contributed by atoms with Crippen LogP contribution in [-0.4, -0.2) is 11.2 Å². The highest BCUT2D eigenvalue weighted by Gasteiger charge is 2.40. The SMILES string of the molecule is CC1CCC(C(C)(C)c2ccc(Br)c(Cl)c2F)C(O)C1. The molecule has 0 heterocycles. The summed E-state index contributed by atoms with van der Waals surface area (Å²) < 4.78 is 15.0. The molecule has 112 valence electrons. The molecule has 20 heavy (non-hydrogen) atoms. The van der Waals surface area contributed by atoms with Crippen molar-refractivity contribution in [1.82, 2.24) is 0 Å². The molecular weight excluding hydrogens is 343 g/mol. The number of aliphatic hydroxyl groups is 1. The standard InChI is InChI=1S/C16H21BrClFO/c1-9-4-5-10(13(20)8-9)16(2,3)11-6-7-12(17)14(18)15(11)19/h6-7,9-10,13,20H,4-5,8H2,1-3H3. The molecule has 0 aliphatic heterocycles. The molecule has 2 rings (SSSR count). The normalized spacial score (nSPS) is 27.6. The van der Waals surface area contributed by atoms with Crippen LogP contribution in [0.15, 0.2) is 16.6 Å². The van der Waals surface area contributed by atoms with Gasteiger partial charge < -0.3 is 5.11 Å². The summed E-state index contributed by atoms with van der Waals surface area (Å²) in [7, 11) is 0. The van der Waals surface area contributed by atoms with Crippen molar-refractivity contribution in [3.63, 3.8) is 0 Å². The molecular formula is C16H21BrClFO. The molecule has 3 unspecified atom stereocenters. The smallest absolute Gasteiger partial charge is 0.146 e. The van der Waals surface area contributed by atoms with Crippen LogP contribution in [0.4, 0.5) is 4.39 Å². The number of hydrogen-bond donors (Lipinski definition) is 1. The van der Waals surface area contributed by atoms with E-state index in [0.29, 0.717) is 16.0 Å². The molecule has 1 fully saturated rings. The Balaban J connectivity index is 2.37. The Labute approximate surface area is 133 Å². The molecule has 1 N–H and O–H groups in total. The van der Waals surface area contributed by atoms with Crippen molar-refractivity contribution in [3.8, 4) is 0 Å². The van der Waals surface area contributed by atoms with E-state index in [-0.39, 0.29) is 22.9 Å². The first-order valence-corrected chi connectivity index (χ1v) is 8.24. The van der Waals surface area contributed by atoms with Crippen LogP contribution >= 0.6 is 27.5 Å². The molecule has 0 spiro atoms. The van der Waals surface area contributed by atoms with Crippen LogP contribution in [0.2, 0.25) is 5.02 Å². The molecule has 1 aromatic carbocycles. The van der Waals surface area contributed by atoms with Gasteiger partial charge in [0.25, 0.3) is 0 Å². The van der Waals surface area contributed by atoms with E-state index in [4.69, 9.17) is 11.6 Å². The van der Waals surface area contributed by atoms with Gasteiger partial charge in [-0.05, 0) is 57.7 Å². The number of benzene rings is 1. The number of halogens is 3. The van der Waals surface area contributed by atoms with Crippen molar-refractivity contribution in [1.29, 1.82) is 0 Å². The molecule has 1 saturated carbocycles. The lowest BCUT2D eigenvalue weighted by Crippen LogP contribution is -2.41. The third kappa shape index (κ3) is 2.90. The van der Waals surface area contributed by atoms with Gasteiger partial charge in [-0.1, -0.05) is 44.9 Å². The fourth-order valence-electron chi connectivity index (χ4n) is 3.42. The average molecular weight is 364 g/mol. The Bertz CT molecular complexity index is 503. The molecule has 0 amide bonds. The molecule has 0 saturated heterocycles. The van der Waals surface area contributed by atoms with E-state index in [1.165, 1.54) is 0 Å². The van der Waals surface area contributed by atoms with Gasteiger partial charge in [0.1, 0.15) is 5.82 Å². The van der Waals surface area contributed by atoms with E-state index in [1.807, 2.05) is 13.8 Å². The van der Waals surface area contributed by atoms with Crippen LogP contribution in [0, 0.1) is 17.7 Å². The minimum Gasteiger partial charge on any atom is -0.393 e. The van der Waals surface area contributed by atoms with Crippen LogP contribution in [0.5, 0.6) is 0 Å². The highest BCUT2D eigenvalue weighted by Crippen LogP contribution is 2.44. The van der Waals surface area contributed by atoms with Gasteiger partial charge in [-0.2, -0.15) is 0 Å². The Kier molecular flexibility index (Phi) is 4.83. The molecule has 1 aromatic rings. The lowest BCUT2D eigenvalue weighted by molar-refractivity contribution is 0.0135. The predicted octanol–water partition coefficient (Wildman–Crippen LogP) is 5.32. The van der Waals surface area contributed by atoms with Gasteiger partial charge in [-0.15, -0.1) is 0 Å². The van der Waals surface area contributed by atoms with E-state index in [9.17, 15) is 9.50 Å². The van der Waals surface area contributed by atoms with Crippen molar-refractivity contribution in [3.05, 3.63) is 33.0 Å². The molecule has 0 bridgehead atoms. The van der Waals surface area contributed by atoms with Gasteiger partial charge in [0.05, 0.1) is 11.1 Å². The molecule has 4 heteroatoms. The Morgan fingerprint density at radius 1 is 1.35 bits per heavy atom. The number of hydrogen-bond acceptors (Lipinski definition) is 1. The molecule has 0 aromatic heterocycles. The van der Waals surface area contributed by atoms with Crippen LogP contribution in [0.25, 0.3) is 0 Å². The predicted molar refractivity (Wildman–Crippen MR) is 84.6 cm³/mol. The second-order valence-corrected chi connectivity index (χ2v) is 7.77. The summed E-state index contributed by atoms with van der Waals surface area (Å²) in [6, 6.07) is 3.55. The molecule has 1 nitrogen and oxygen atoms in total. The summed E-state index contributed by atoms with van der Waals surface area (Å²) in [5.74, 6) is 0.220. The maximum absolute atomic E-state index is 14.5. The molecule has 0 radical (unpaired) electrons. The van der Waals surface area contributed by atoms with E-state index in [2.05, 4.69) is 22.9 Å². The fraction of sp³-hybridized carbons (Fsp3) is 0.625. The summed E-state index contributed by atoms with van der Waals surface area (Å²) in [5, 5.41) is 10.5. The van der Waals surface area contributed by atoms with Gasteiger partial charge in [-0.25, -0.2) is 4.39 Å². The Morgan fingerprint density at radius 2 is 2.00 bits per heavy atom. The largest absolute Gasteiger partial charge is 0.393 e. The summed E-state index contributed by atoms with van der Waals surface area (Å²) in [4.78, 5) is 0. The number of aliphatic hydroxyl groups excluding tert-OH is 1. The van der Waals surface area contributed by atoms with Crippen molar-refractivity contribution >= 4 is 27.5 Å². The van der Waals surface area contributed by atoms with Crippen molar-refractivity contribution in [2.75, 3.05) is 0 Å². The zero-order valence-electron chi connectivity index (χ0n) is 12.1. The Morgan fingerprint density at radius 3 is 2.60 bits per heavy atom. The first-order valence-electron chi connectivity index (χ1n) is 7.07. The zero-order chi connectivity index (χ0) is 15.1. The minimum atomic E-state index is -0.437. The lowest BCUT2D eigenvalue weighted by atomic mass is 9.64. The summed E-state index contributed by atoms with van der Waals surface area (Å²) in [6.45, 7) is 6.16. The zero-order valence-corrected chi connectivity index (χ0v) is 14.4. The monoisotopic (exact) mass is 362 g/mol. The molecule has 1 aliphatic carbocycles. The maximum atomic E-state index is 14.5. The van der Waals surface area contributed by atoms with Gasteiger partial charge in [-0.3, -0.25) is 0 Å². The van der Waals surface area contributed by atoms with Gasteiger partial charge in [0.15, 0.2) is 0 Å². The topological polar surface area (TPSA) is 20.2 Å².